The van der Waals surface area contributed by atoms with E-state index in [0.717, 1.165) is 18.3 Å². The summed E-state index contributed by atoms with van der Waals surface area (Å²) in [6.07, 6.45) is 12.1. The molecule has 1 aromatic carbocycles. The predicted octanol–water partition coefficient (Wildman–Crippen LogP) is 5.75. The van der Waals surface area contributed by atoms with E-state index in [-0.39, 0.29) is 5.82 Å². The van der Waals surface area contributed by atoms with Crippen molar-refractivity contribution in [3.63, 3.8) is 0 Å². The van der Waals surface area contributed by atoms with E-state index >= 15 is 0 Å². The highest BCUT2D eigenvalue weighted by molar-refractivity contribution is 5.16. The van der Waals surface area contributed by atoms with Crippen molar-refractivity contribution in [2.75, 3.05) is 0 Å². The Morgan fingerprint density at radius 3 is 2.47 bits per heavy atom. The van der Waals surface area contributed by atoms with E-state index < -0.39 is 0 Å². The molecule has 19 heavy (non-hydrogen) atoms. The van der Waals surface area contributed by atoms with Crippen LogP contribution in [0, 0.1) is 17.7 Å². The summed E-state index contributed by atoms with van der Waals surface area (Å²) in [4.78, 5) is 0. The standard InChI is InChI=1S/C18H27F/c1-2-3-4-6-15-9-11-16(12-10-15)13-17-7-5-8-18(19)14-17/h5,7-8,14-16H,2-4,6,9-13H2,1H3. The van der Waals surface area contributed by atoms with Gasteiger partial charge in [-0.2, -0.15) is 0 Å². The molecule has 1 aliphatic rings. The normalized spacial score (nSPS) is 23.5. The molecular formula is C18H27F. The first-order chi connectivity index (χ1) is 9.28. The molecule has 0 spiro atoms. The van der Waals surface area contributed by atoms with E-state index in [0.29, 0.717) is 0 Å². The Bertz CT molecular complexity index is 364. The monoisotopic (exact) mass is 262 g/mol. The van der Waals surface area contributed by atoms with Crippen LogP contribution in [0.25, 0.3) is 0 Å². The van der Waals surface area contributed by atoms with Crippen molar-refractivity contribution in [1.29, 1.82) is 0 Å². The Morgan fingerprint density at radius 2 is 1.79 bits per heavy atom. The number of halogens is 1. The van der Waals surface area contributed by atoms with Crippen LogP contribution in [0.3, 0.4) is 0 Å². The Morgan fingerprint density at radius 1 is 1.05 bits per heavy atom. The SMILES string of the molecule is CCCCCC1CCC(Cc2cccc(F)c2)CC1. The molecule has 1 aliphatic carbocycles. The van der Waals surface area contributed by atoms with Crippen molar-refractivity contribution in [2.24, 2.45) is 11.8 Å². The number of unbranched alkanes of at least 4 members (excludes halogenated alkanes) is 2. The number of rotatable bonds is 6. The molecular weight excluding hydrogens is 235 g/mol. The quantitative estimate of drug-likeness (QED) is 0.572. The van der Waals surface area contributed by atoms with Gasteiger partial charge in [0.2, 0.25) is 0 Å². The minimum Gasteiger partial charge on any atom is -0.207 e. The Balaban J connectivity index is 1.71. The number of benzene rings is 1. The second-order valence-electron chi connectivity index (χ2n) is 6.22. The smallest absolute Gasteiger partial charge is 0.123 e. The molecule has 0 bridgehead atoms. The van der Waals surface area contributed by atoms with Crippen LogP contribution in [0.2, 0.25) is 0 Å². The van der Waals surface area contributed by atoms with Gasteiger partial charge in [-0.3, -0.25) is 0 Å². The predicted molar refractivity (Wildman–Crippen MR) is 79.7 cm³/mol. The molecule has 1 heteroatoms. The fourth-order valence-corrected chi connectivity index (χ4v) is 3.40. The number of hydrogen-bond acceptors (Lipinski definition) is 0. The van der Waals surface area contributed by atoms with Crippen molar-refractivity contribution in [2.45, 2.75) is 64.7 Å². The third kappa shape index (κ3) is 4.97. The van der Waals surface area contributed by atoms with Crippen LogP contribution in [0.15, 0.2) is 24.3 Å². The van der Waals surface area contributed by atoms with Gasteiger partial charge in [0.25, 0.3) is 0 Å². The molecule has 2 rings (SSSR count). The van der Waals surface area contributed by atoms with Crippen molar-refractivity contribution in [3.8, 4) is 0 Å². The van der Waals surface area contributed by atoms with Gasteiger partial charge >= 0.3 is 0 Å². The van der Waals surface area contributed by atoms with Crippen molar-refractivity contribution in [3.05, 3.63) is 35.6 Å². The largest absolute Gasteiger partial charge is 0.207 e. The number of hydrogen-bond donors (Lipinski definition) is 0. The summed E-state index contributed by atoms with van der Waals surface area (Å²) in [6, 6.07) is 7.14. The molecule has 0 nitrogen and oxygen atoms in total. The first-order valence-electron chi connectivity index (χ1n) is 8.02. The zero-order chi connectivity index (χ0) is 13.5. The molecule has 0 atom stereocenters. The first kappa shape index (κ1) is 14.6. The van der Waals surface area contributed by atoms with E-state index in [9.17, 15) is 4.39 Å². The summed E-state index contributed by atoms with van der Waals surface area (Å²) in [7, 11) is 0. The molecule has 0 heterocycles. The molecule has 0 N–H and O–H groups in total. The van der Waals surface area contributed by atoms with Crippen LogP contribution in [0.5, 0.6) is 0 Å². The summed E-state index contributed by atoms with van der Waals surface area (Å²) in [5.74, 6) is 1.66. The maximum Gasteiger partial charge on any atom is 0.123 e. The van der Waals surface area contributed by atoms with Gasteiger partial charge in [0.05, 0.1) is 0 Å². The van der Waals surface area contributed by atoms with Gasteiger partial charge in [0.1, 0.15) is 5.82 Å². The van der Waals surface area contributed by atoms with E-state index in [1.807, 2.05) is 6.07 Å². The van der Waals surface area contributed by atoms with Crippen LogP contribution in [-0.2, 0) is 6.42 Å². The molecule has 0 aromatic heterocycles. The molecule has 0 saturated heterocycles. The van der Waals surface area contributed by atoms with Crippen LogP contribution < -0.4 is 0 Å². The second-order valence-corrected chi connectivity index (χ2v) is 6.22. The maximum atomic E-state index is 13.2. The molecule has 106 valence electrons. The third-order valence-electron chi connectivity index (χ3n) is 4.60. The van der Waals surface area contributed by atoms with Crippen LogP contribution >= 0.6 is 0 Å². The van der Waals surface area contributed by atoms with E-state index in [4.69, 9.17) is 0 Å². The highest BCUT2D eigenvalue weighted by Gasteiger charge is 2.20. The average Bonchev–Trinajstić information content (AvgIpc) is 2.41. The van der Waals surface area contributed by atoms with Crippen molar-refractivity contribution >= 4 is 0 Å². The van der Waals surface area contributed by atoms with Gasteiger partial charge in [-0.15, -0.1) is 0 Å². The maximum absolute atomic E-state index is 13.2. The first-order valence-corrected chi connectivity index (χ1v) is 8.02. The second kappa shape index (κ2) is 7.67. The Hall–Kier alpha value is -0.850. The molecule has 0 aliphatic heterocycles. The summed E-state index contributed by atoms with van der Waals surface area (Å²) < 4.78 is 13.2. The molecule has 0 unspecified atom stereocenters. The zero-order valence-electron chi connectivity index (χ0n) is 12.2. The lowest BCUT2D eigenvalue weighted by Crippen LogP contribution is -2.16. The van der Waals surface area contributed by atoms with E-state index in [2.05, 4.69) is 13.0 Å². The van der Waals surface area contributed by atoms with Gasteiger partial charge in [0, 0.05) is 0 Å². The summed E-state index contributed by atoms with van der Waals surface area (Å²) >= 11 is 0. The fourth-order valence-electron chi connectivity index (χ4n) is 3.40. The highest BCUT2D eigenvalue weighted by atomic mass is 19.1. The summed E-state index contributed by atoms with van der Waals surface area (Å²) in [5.41, 5.74) is 1.18. The van der Waals surface area contributed by atoms with Gasteiger partial charge in [0.15, 0.2) is 0 Å². The van der Waals surface area contributed by atoms with E-state index in [1.165, 1.54) is 63.0 Å². The minimum atomic E-state index is -0.0919. The lowest BCUT2D eigenvalue weighted by atomic mass is 9.77. The lowest BCUT2D eigenvalue weighted by molar-refractivity contribution is 0.257. The van der Waals surface area contributed by atoms with Gasteiger partial charge in [-0.1, -0.05) is 57.6 Å². The Kier molecular flexibility index (Phi) is 5.88. The zero-order valence-corrected chi connectivity index (χ0v) is 12.2. The Labute approximate surface area is 117 Å². The van der Waals surface area contributed by atoms with Gasteiger partial charge in [-0.05, 0) is 48.8 Å². The molecule has 0 radical (unpaired) electrons. The lowest BCUT2D eigenvalue weighted by Gasteiger charge is -2.28. The van der Waals surface area contributed by atoms with Crippen molar-refractivity contribution in [1.82, 2.24) is 0 Å². The van der Waals surface area contributed by atoms with Crippen LogP contribution in [0.1, 0.15) is 63.9 Å². The van der Waals surface area contributed by atoms with E-state index in [1.54, 1.807) is 6.07 Å². The minimum absolute atomic E-state index is 0.0919. The molecule has 1 saturated carbocycles. The highest BCUT2D eigenvalue weighted by Crippen LogP contribution is 2.33. The molecule has 1 aromatic rings. The third-order valence-corrected chi connectivity index (χ3v) is 4.60. The van der Waals surface area contributed by atoms with Crippen LogP contribution in [0.4, 0.5) is 4.39 Å². The van der Waals surface area contributed by atoms with Gasteiger partial charge < -0.3 is 0 Å². The summed E-state index contributed by atoms with van der Waals surface area (Å²) in [5, 5.41) is 0. The molecule has 1 fully saturated rings. The van der Waals surface area contributed by atoms with Crippen molar-refractivity contribution < 1.29 is 4.39 Å². The fraction of sp³-hybridized carbons (Fsp3) is 0.667. The molecule has 0 amide bonds. The summed E-state index contributed by atoms with van der Waals surface area (Å²) in [6.45, 7) is 2.27. The average molecular weight is 262 g/mol. The topological polar surface area (TPSA) is 0 Å². The van der Waals surface area contributed by atoms with Crippen LogP contribution in [-0.4, -0.2) is 0 Å². The van der Waals surface area contributed by atoms with Gasteiger partial charge in [-0.25, -0.2) is 4.39 Å².